The lowest BCUT2D eigenvalue weighted by molar-refractivity contribution is -0.131. The van der Waals surface area contributed by atoms with Crippen LogP contribution in [0, 0.1) is 6.92 Å². The molecule has 1 aliphatic heterocycles. The highest BCUT2D eigenvalue weighted by Gasteiger charge is 2.25. The second kappa shape index (κ2) is 8.04. The molecule has 136 valence electrons. The third-order valence-electron chi connectivity index (χ3n) is 4.49. The fourth-order valence-electron chi connectivity index (χ4n) is 2.98. The fourth-order valence-corrected chi connectivity index (χ4v) is 2.98. The molecule has 2 aromatic rings. The molecule has 0 N–H and O–H groups in total. The van der Waals surface area contributed by atoms with E-state index in [-0.39, 0.29) is 12.0 Å². The molecule has 26 heavy (non-hydrogen) atoms. The number of carbonyl (C=O) groups is 1. The molecule has 5 heteroatoms. The Bertz CT molecular complexity index is 799. The van der Waals surface area contributed by atoms with Gasteiger partial charge in [0.05, 0.1) is 19.4 Å². The van der Waals surface area contributed by atoms with E-state index >= 15 is 0 Å². The van der Waals surface area contributed by atoms with Crippen molar-refractivity contribution in [3.05, 3.63) is 65.2 Å². The van der Waals surface area contributed by atoms with Crippen molar-refractivity contribution in [3.63, 3.8) is 0 Å². The second-order valence-electron chi connectivity index (χ2n) is 6.59. The lowest BCUT2D eigenvalue weighted by Crippen LogP contribution is -2.35. The zero-order valence-electron chi connectivity index (χ0n) is 15.4. The van der Waals surface area contributed by atoms with E-state index in [2.05, 4.69) is 36.3 Å². The van der Waals surface area contributed by atoms with Crippen molar-refractivity contribution in [1.82, 2.24) is 4.90 Å². The molecule has 0 bridgehead atoms. The number of nitrogens with zero attached hydrogens (tertiary/aromatic N) is 2. The van der Waals surface area contributed by atoms with Gasteiger partial charge in [-0.3, -0.25) is 4.79 Å². The molecule has 1 unspecified atom stereocenters. The molecule has 0 aromatic heterocycles. The number of rotatable bonds is 6. The predicted octanol–water partition coefficient (Wildman–Crippen LogP) is 3.55. The van der Waals surface area contributed by atoms with Gasteiger partial charge < -0.3 is 14.5 Å². The molecule has 0 radical (unpaired) electrons. The first kappa shape index (κ1) is 18.0. The number of ether oxygens (including phenoxy) is 1. The van der Waals surface area contributed by atoms with Crippen LogP contribution in [-0.4, -0.2) is 36.3 Å². The Morgan fingerprint density at radius 3 is 2.73 bits per heavy atom. The number of oxime groups is 1. The monoisotopic (exact) mass is 352 g/mol. The summed E-state index contributed by atoms with van der Waals surface area (Å²) in [7, 11) is 1.64. The molecule has 1 amide bonds. The Labute approximate surface area is 154 Å². The van der Waals surface area contributed by atoms with Gasteiger partial charge in [-0.1, -0.05) is 47.1 Å². The number of benzene rings is 2. The molecule has 0 saturated carbocycles. The van der Waals surface area contributed by atoms with Crippen LogP contribution in [0.5, 0.6) is 5.75 Å². The van der Waals surface area contributed by atoms with Gasteiger partial charge in [0.25, 0.3) is 0 Å². The second-order valence-corrected chi connectivity index (χ2v) is 6.59. The minimum atomic E-state index is -0.124. The summed E-state index contributed by atoms with van der Waals surface area (Å²) in [5.41, 5.74) is 4.24. The van der Waals surface area contributed by atoms with Crippen molar-refractivity contribution in [1.29, 1.82) is 0 Å². The van der Waals surface area contributed by atoms with Gasteiger partial charge in [-0.25, -0.2) is 0 Å². The number of amides is 1. The van der Waals surface area contributed by atoms with E-state index in [9.17, 15) is 4.79 Å². The van der Waals surface area contributed by atoms with Gasteiger partial charge in [-0.05, 0) is 30.2 Å². The average molecular weight is 352 g/mol. The van der Waals surface area contributed by atoms with Gasteiger partial charge in [0, 0.05) is 19.9 Å². The molecule has 1 aliphatic rings. The third-order valence-corrected chi connectivity index (χ3v) is 4.49. The SMILES string of the molecule is COc1cccc(CN(CC2CC(c3ccc(C)cc3)=NO2)C(C)=O)c1. The average Bonchev–Trinajstić information content (AvgIpc) is 3.10. The van der Waals surface area contributed by atoms with Crippen LogP contribution in [0.25, 0.3) is 0 Å². The smallest absolute Gasteiger partial charge is 0.219 e. The van der Waals surface area contributed by atoms with Crippen LogP contribution in [0.3, 0.4) is 0 Å². The minimum Gasteiger partial charge on any atom is -0.497 e. The summed E-state index contributed by atoms with van der Waals surface area (Å²) < 4.78 is 5.26. The number of hydrogen-bond donors (Lipinski definition) is 0. The van der Waals surface area contributed by atoms with Crippen molar-refractivity contribution >= 4 is 11.6 Å². The van der Waals surface area contributed by atoms with E-state index in [1.807, 2.05) is 24.3 Å². The molecule has 1 atom stereocenters. The highest BCUT2D eigenvalue weighted by Crippen LogP contribution is 2.20. The van der Waals surface area contributed by atoms with Crippen molar-refractivity contribution in [2.24, 2.45) is 5.16 Å². The van der Waals surface area contributed by atoms with Crippen LogP contribution >= 0.6 is 0 Å². The van der Waals surface area contributed by atoms with Gasteiger partial charge in [-0.2, -0.15) is 0 Å². The van der Waals surface area contributed by atoms with Crippen molar-refractivity contribution in [2.45, 2.75) is 32.9 Å². The zero-order chi connectivity index (χ0) is 18.5. The Hall–Kier alpha value is -2.82. The van der Waals surface area contributed by atoms with Gasteiger partial charge in [0.15, 0.2) is 6.10 Å². The summed E-state index contributed by atoms with van der Waals surface area (Å²) in [4.78, 5) is 19.4. The molecule has 5 nitrogen and oxygen atoms in total. The summed E-state index contributed by atoms with van der Waals surface area (Å²) in [6.07, 6.45) is 0.575. The van der Waals surface area contributed by atoms with Crippen LogP contribution in [0.2, 0.25) is 0 Å². The zero-order valence-corrected chi connectivity index (χ0v) is 15.4. The first-order valence-corrected chi connectivity index (χ1v) is 8.73. The molecular weight excluding hydrogens is 328 g/mol. The van der Waals surface area contributed by atoms with Gasteiger partial charge in [0.2, 0.25) is 5.91 Å². The lowest BCUT2D eigenvalue weighted by atomic mass is 10.0. The number of carbonyl (C=O) groups excluding carboxylic acids is 1. The van der Waals surface area contributed by atoms with Gasteiger partial charge in [-0.15, -0.1) is 0 Å². The Balaban J connectivity index is 1.62. The highest BCUT2D eigenvalue weighted by molar-refractivity contribution is 6.01. The predicted molar refractivity (Wildman–Crippen MR) is 101 cm³/mol. The van der Waals surface area contributed by atoms with Crippen molar-refractivity contribution in [3.8, 4) is 5.75 Å². The van der Waals surface area contributed by atoms with E-state index in [1.54, 1.807) is 18.9 Å². The summed E-state index contributed by atoms with van der Waals surface area (Å²) in [5.74, 6) is 0.799. The molecule has 1 heterocycles. The third kappa shape index (κ3) is 4.42. The number of aryl methyl sites for hydroxylation is 1. The molecule has 0 saturated heterocycles. The summed E-state index contributed by atoms with van der Waals surface area (Å²) in [5, 5.41) is 4.22. The quantitative estimate of drug-likeness (QED) is 0.799. The van der Waals surface area contributed by atoms with Crippen molar-refractivity contribution in [2.75, 3.05) is 13.7 Å². The molecule has 0 spiro atoms. The van der Waals surface area contributed by atoms with E-state index < -0.39 is 0 Å². The normalized spacial score (nSPS) is 16.0. The Morgan fingerprint density at radius 1 is 1.27 bits per heavy atom. The largest absolute Gasteiger partial charge is 0.497 e. The van der Waals surface area contributed by atoms with E-state index in [1.165, 1.54) is 5.56 Å². The van der Waals surface area contributed by atoms with E-state index in [0.717, 1.165) is 22.6 Å². The summed E-state index contributed by atoms with van der Waals surface area (Å²) >= 11 is 0. The summed E-state index contributed by atoms with van der Waals surface area (Å²) in [6, 6.07) is 16.0. The molecule has 2 aromatic carbocycles. The minimum absolute atomic E-state index is 0.0141. The summed E-state index contributed by atoms with van der Waals surface area (Å²) in [6.45, 7) is 4.66. The topological polar surface area (TPSA) is 51.1 Å². The van der Waals surface area contributed by atoms with E-state index in [0.29, 0.717) is 19.5 Å². The van der Waals surface area contributed by atoms with Crippen LogP contribution in [-0.2, 0) is 16.2 Å². The van der Waals surface area contributed by atoms with Crippen LogP contribution in [0.4, 0.5) is 0 Å². The molecule has 3 rings (SSSR count). The molecule has 0 fully saturated rings. The van der Waals surface area contributed by atoms with Gasteiger partial charge in [0.1, 0.15) is 5.75 Å². The van der Waals surface area contributed by atoms with Crippen LogP contribution < -0.4 is 4.74 Å². The van der Waals surface area contributed by atoms with Crippen LogP contribution in [0.1, 0.15) is 30.0 Å². The fraction of sp³-hybridized carbons (Fsp3) is 0.333. The lowest BCUT2D eigenvalue weighted by Gasteiger charge is -2.23. The Morgan fingerprint density at radius 2 is 2.04 bits per heavy atom. The van der Waals surface area contributed by atoms with E-state index in [4.69, 9.17) is 9.57 Å². The maximum atomic E-state index is 12.1. The maximum Gasteiger partial charge on any atom is 0.219 e. The Kier molecular flexibility index (Phi) is 5.56. The maximum absolute atomic E-state index is 12.1. The van der Waals surface area contributed by atoms with Crippen molar-refractivity contribution < 1.29 is 14.4 Å². The standard InChI is InChI=1S/C21H24N2O3/c1-15-7-9-18(10-8-15)21-12-20(26-22-21)14-23(16(2)24)13-17-5-4-6-19(11-17)25-3/h4-11,20H,12-14H2,1-3H3. The molecule has 0 aliphatic carbocycles. The molecular formula is C21H24N2O3. The first-order chi connectivity index (χ1) is 12.5. The van der Waals surface area contributed by atoms with Crippen LogP contribution in [0.15, 0.2) is 53.7 Å². The number of hydrogen-bond acceptors (Lipinski definition) is 4. The first-order valence-electron chi connectivity index (χ1n) is 8.73. The van der Waals surface area contributed by atoms with Gasteiger partial charge >= 0.3 is 0 Å². The highest BCUT2D eigenvalue weighted by atomic mass is 16.6. The number of methoxy groups -OCH3 is 1.